The number of aliphatic carboxylic acids is 1. The summed E-state index contributed by atoms with van der Waals surface area (Å²) in [5.74, 6) is -0.886. The Hall–Kier alpha value is -1.69. The molecule has 1 heterocycles. The fourth-order valence-corrected chi connectivity index (χ4v) is 2.73. The van der Waals surface area contributed by atoms with Crippen LogP contribution >= 0.6 is 0 Å². The van der Waals surface area contributed by atoms with Gasteiger partial charge in [0, 0.05) is 23.2 Å². The monoisotopic (exact) mass is 266 g/mol. The summed E-state index contributed by atoms with van der Waals surface area (Å²) in [6.07, 6.45) is 0. The van der Waals surface area contributed by atoms with E-state index >= 15 is 0 Å². The van der Waals surface area contributed by atoms with E-state index in [1.54, 1.807) is 4.68 Å². The third-order valence-corrected chi connectivity index (χ3v) is 4.40. The summed E-state index contributed by atoms with van der Waals surface area (Å²) in [6, 6.07) is 7.62. The van der Waals surface area contributed by atoms with Crippen LogP contribution in [0.1, 0.15) is 12.6 Å². The molecule has 0 aliphatic rings. The quantitative estimate of drug-likeness (QED) is 0.905. The summed E-state index contributed by atoms with van der Waals surface area (Å²) in [7, 11) is 0.351. The molecule has 96 valence electrons. The second-order valence-electron chi connectivity index (χ2n) is 4.09. The first kappa shape index (κ1) is 12.8. The molecule has 0 saturated carbocycles. The van der Waals surface area contributed by atoms with Crippen LogP contribution in [0.2, 0.25) is 0 Å². The van der Waals surface area contributed by atoms with E-state index in [9.17, 15) is 9.00 Å². The molecule has 18 heavy (non-hydrogen) atoms. The van der Waals surface area contributed by atoms with Gasteiger partial charge in [0.1, 0.15) is 5.25 Å². The minimum absolute atomic E-state index is 0.162. The molecule has 0 spiro atoms. The minimum Gasteiger partial charge on any atom is -0.480 e. The van der Waals surface area contributed by atoms with E-state index in [4.69, 9.17) is 5.11 Å². The summed E-state index contributed by atoms with van der Waals surface area (Å²) in [5.41, 5.74) is 1.63. The van der Waals surface area contributed by atoms with Crippen molar-refractivity contribution in [1.82, 2.24) is 9.78 Å². The molecular formula is C12H14N2O3S. The lowest BCUT2D eigenvalue weighted by atomic mass is 10.2. The number of fused-ring (bicyclic) bond motifs is 1. The molecule has 6 heteroatoms. The lowest BCUT2D eigenvalue weighted by molar-refractivity contribution is -0.136. The van der Waals surface area contributed by atoms with Gasteiger partial charge in [-0.05, 0) is 13.0 Å². The molecule has 2 unspecified atom stereocenters. The first-order valence-electron chi connectivity index (χ1n) is 5.51. The van der Waals surface area contributed by atoms with E-state index in [1.807, 2.05) is 31.3 Å². The first-order valence-corrected chi connectivity index (χ1v) is 6.89. The maximum absolute atomic E-state index is 11.9. The van der Waals surface area contributed by atoms with Gasteiger partial charge in [-0.15, -0.1) is 0 Å². The lowest BCUT2D eigenvalue weighted by Crippen LogP contribution is -2.23. The highest BCUT2D eigenvalue weighted by atomic mass is 32.2. The average Bonchev–Trinajstić information content (AvgIpc) is 2.66. The standard InChI is InChI=1S/C12H14N2O3S/c1-8(12(15)16)18(17)7-10-9-5-3-4-6-11(9)14(2)13-10/h3-6,8H,7H2,1-2H3,(H,15,16). The zero-order valence-corrected chi connectivity index (χ0v) is 11.0. The minimum atomic E-state index is -1.46. The van der Waals surface area contributed by atoms with Crippen molar-refractivity contribution in [2.24, 2.45) is 7.05 Å². The van der Waals surface area contributed by atoms with Crippen molar-refractivity contribution in [1.29, 1.82) is 0 Å². The van der Waals surface area contributed by atoms with Gasteiger partial charge in [0.15, 0.2) is 0 Å². The second-order valence-corrected chi connectivity index (χ2v) is 5.85. The fraction of sp³-hybridized carbons (Fsp3) is 0.333. The highest BCUT2D eigenvalue weighted by Crippen LogP contribution is 2.19. The predicted octanol–water partition coefficient (Wildman–Crippen LogP) is 1.30. The number of carboxylic acids is 1. The lowest BCUT2D eigenvalue weighted by Gasteiger charge is -2.04. The van der Waals surface area contributed by atoms with Crippen LogP contribution in [0.15, 0.2) is 24.3 Å². The van der Waals surface area contributed by atoms with Crippen LogP contribution in [0.3, 0.4) is 0 Å². The summed E-state index contributed by atoms with van der Waals surface area (Å²) < 4.78 is 13.6. The van der Waals surface area contributed by atoms with Gasteiger partial charge in [0.2, 0.25) is 0 Å². The van der Waals surface area contributed by atoms with Gasteiger partial charge in [-0.3, -0.25) is 13.7 Å². The highest BCUT2D eigenvalue weighted by molar-refractivity contribution is 7.85. The molecule has 2 atom stereocenters. The van der Waals surface area contributed by atoms with Gasteiger partial charge < -0.3 is 5.11 Å². The maximum atomic E-state index is 11.9. The van der Waals surface area contributed by atoms with E-state index < -0.39 is 22.0 Å². The number of para-hydroxylation sites is 1. The van der Waals surface area contributed by atoms with Gasteiger partial charge in [-0.1, -0.05) is 18.2 Å². The van der Waals surface area contributed by atoms with E-state index in [2.05, 4.69) is 5.10 Å². The molecule has 0 radical (unpaired) electrons. The number of aromatic nitrogens is 2. The third kappa shape index (κ3) is 2.28. The van der Waals surface area contributed by atoms with Gasteiger partial charge >= 0.3 is 5.97 Å². The largest absolute Gasteiger partial charge is 0.480 e. The number of aryl methyl sites for hydroxylation is 1. The maximum Gasteiger partial charge on any atom is 0.318 e. The van der Waals surface area contributed by atoms with Gasteiger partial charge in [0.25, 0.3) is 0 Å². The Morgan fingerprint density at radius 1 is 1.50 bits per heavy atom. The molecule has 0 amide bonds. The van der Waals surface area contributed by atoms with E-state index in [0.29, 0.717) is 5.69 Å². The number of hydrogen-bond acceptors (Lipinski definition) is 3. The number of hydrogen-bond donors (Lipinski definition) is 1. The number of nitrogens with zero attached hydrogens (tertiary/aromatic N) is 2. The SMILES string of the molecule is CC(C(=O)O)S(=O)Cc1nn(C)c2ccccc12. The molecule has 2 rings (SSSR count). The Balaban J connectivity index is 2.33. The summed E-state index contributed by atoms with van der Waals surface area (Å²) in [5, 5.41) is 13.2. The highest BCUT2D eigenvalue weighted by Gasteiger charge is 2.21. The van der Waals surface area contributed by atoms with Crippen LogP contribution in [0.4, 0.5) is 0 Å². The van der Waals surface area contributed by atoms with Crippen LogP contribution in [0.5, 0.6) is 0 Å². The van der Waals surface area contributed by atoms with Crippen molar-refractivity contribution in [2.75, 3.05) is 0 Å². The van der Waals surface area contributed by atoms with E-state index in [0.717, 1.165) is 10.9 Å². The Morgan fingerprint density at radius 2 is 2.17 bits per heavy atom. The molecule has 5 nitrogen and oxygen atoms in total. The van der Waals surface area contributed by atoms with Crippen molar-refractivity contribution in [2.45, 2.75) is 17.9 Å². The second kappa shape index (κ2) is 4.89. The molecule has 0 fully saturated rings. The first-order chi connectivity index (χ1) is 8.50. The van der Waals surface area contributed by atoms with Crippen molar-refractivity contribution in [3.05, 3.63) is 30.0 Å². The Kier molecular flexibility index (Phi) is 3.47. The van der Waals surface area contributed by atoms with Crippen molar-refractivity contribution >= 4 is 27.7 Å². The molecule has 0 aliphatic heterocycles. The molecular weight excluding hydrogens is 252 g/mol. The van der Waals surface area contributed by atoms with E-state index in [1.165, 1.54) is 6.92 Å². The smallest absolute Gasteiger partial charge is 0.318 e. The topological polar surface area (TPSA) is 72.2 Å². The number of rotatable bonds is 4. The Bertz CT molecular complexity index is 621. The number of benzene rings is 1. The fourth-order valence-electron chi connectivity index (χ4n) is 1.77. The Morgan fingerprint density at radius 3 is 2.83 bits per heavy atom. The summed E-state index contributed by atoms with van der Waals surface area (Å²) >= 11 is 0. The molecule has 2 aromatic rings. The van der Waals surface area contributed by atoms with Crippen LogP contribution in [0, 0.1) is 0 Å². The number of carboxylic acid groups (broad SMARTS) is 1. The Labute approximate surface area is 107 Å². The van der Waals surface area contributed by atoms with Crippen molar-refractivity contribution in [3.8, 4) is 0 Å². The van der Waals surface area contributed by atoms with Gasteiger partial charge in [-0.2, -0.15) is 5.10 Å². The summed E-state index contributed by atoms with van der Waals surface area (Å²) in [6.45, 7) is 1.45. The van der Waals surface area contributed by atoms with Crippen molar-refractivity contribution in [3.63, 3.8) is 0 Å². The van der Waals surface area contributed by atoms with Crippen LogP contribution in [-0.2, 0) is 28.4 Å². The zero-order valence-electron chi connectivity index (χ0n) is 10.2. The van der Waals surface area contributed by atoms with Crippen LogP contribution in [-0.4, -0.2) is 30.3 Å². The van der Waals surface area contributed by atoms with E-state index in [-0.39, 0.29) is 5.75 Å². The normalized spacial score (nSPS) is 14.6. The summed E-state index contributed by atoms with van der Waals surface area (Å²) in [4.78, 5) is 10.8. The number of carbonyl (C=O) groups is 1. The van der Waals surface area contributed by atoms with Gasteiger partial charge in [-0.25, -0.2) is 0 Å². The van der Waals surface area contributed by atoms with Gasteiger partial charge in [0.05, 0.1) is 17.0 Å². The molecule has 0 aliphatic carbocycles. The molecule has 1 N–H and O–H groups in total. The molecule has 1 aromatic heterocycles. The third-order valence-electron chi connectivity index (χ3n) is 2.86. The predicted molar refractivity (Wildman–Crippen MR) is 69.7 cm³/mol. The molecule has 0 saturated heterocycles. The average molecular weight is 266 g/mol. The van der Waals surface area contributed by atoms with Crippen molar-refractivity contribution < 1.29 is 14.1 Å². The van der Waals surface area contributed by atoms with Crippen LogP contribution < -0.4 is 0 Å². The molecule has 0 bridgehead atoms. The zero-order chi connectivity index (χ0) is 13.3. The van der Waals surface area contributed by atoms with Crippen LogP contribution in [0.25, 0.3) is 10.9 Å². The molecule has 1 aromatic carbocycles.